The number of amides is 1. The summed E-state index contributed by atoms with van der Waals surface area (Å²) in [4.78, 5) is 20.3. The van der Waals surface area contributed by atoms with Gasteiger partial charge in [0.25, 0.3) is 5.91 Å². The van der Waals surface area contributed by atoms with E-state index in [0.29, 0.717) is 30.4 Å². The lowest BCUT2D eigenvalue weighted by Gasteiger charge is -2.40. The van der Waals surface area contributed by atoms with Gasteiger partial charge in [0.1, 0.15) is 5.75 Å². The lowest BCUT2D eigenvalue weighted by molar-refractivity contribution is 0.0898. The normalized spacial score (nSPS) is 17.9. The molecule has 0 radical (unpaired) electrons. The zero-order valence-electron chi connectivity index (χ0n) is 22.7. The van der Waals surface area contributed by atoms with Crippen LogP contribution >= 0.6 is 0 Å². The predicted octanol–water partition coefficient (Wildman–Crippen LogP) is 5.67. The molecule has 7 nitrogen and oxygen atoms in total. The number of rotatable bonds is 9. The lowest BCUT2D eigenvalue weighted by Crippen LogP contribution is -2.47. The molecule has 202 valence electrons. The van der Waals surface area contributed by atoms with Gasteiger partial charge in [0.2, 0.25) is 5.96 Å². The fourth-order valence-electron chi connectivity index (χ4n) is 5.49. The zero-order chi connectivity index (χ0) is 27.5. The van der Waals surface area contributed by atoms with Crippen molar-refractivity contribution >= 4 is 11.9 Å². The SMILES string of the molecule is CCN=C(NC#N)N(Cc1ccccc1)C1CCC(C(NC(=O)c2ccccc2OC)c2ccccc2)CC1. The monoisotopic (exact) mass is 523 g/mol. The highest BCUT2D eigenvalue weighted by molar-refractivity contribution is 5.97. The molecule has 1 aliphatic carbocycles. The number of guanidine groups is 1. The Hall–Kier alpha value is -4.31. The maximum absolute atomic E-state index is 13.4. The van der Waals surface area contributed by atoms with Gasteiger partial charge >= 0.3 is 0 Å². The van der Waals surface area contributed by atoms with Crippen molar-refractivity contribution in [3.05, 3.63) is 102 Å². The molecule has 2 N–H and O–H groups in total. The van der Waals surface area contributed by atoms with Crippen LogP contribution in [0.3, 0.4) is 0 Å². The average Bonchev–Trinajstić information content (AvgIpc) is 2.99. The van der Waals surface area contributed by atoms with Crippen LogP contribution in [0.5, 0.6) is 5.75 Å². The molecule has 0 aliphatic heterocycles. The van der Waals surface area contributed by atoms with Crippen molar-refractivity contribution in [2.75, 3.05) is 13.7 Å². The molecule has 0 bridgehead atoms. The highest BCUT2D eigenvalue weighted by atomic mass is 16.5. The number of carbonyl (C=O) groups is 1. The fourth-order valence-corrected chi connectivity index (χ4v) is 5.49. The molecule has 0 spiro atoms. The molecule has 0 saturated heterocycles. The molecular formula is C32H37N5O2. The number of methoxy groups -OCH3 is 1. The van der Waals surface area contributed by atoms with Crippen LogP contribution in [0.25, 0.3) is 0 Å². The molecule has 1 amide bonds. The summed E-state index contributed by atoms with van der Waals surface area (Å²) in [5.74, 6) is 1.33. The number of nitriles is 1. The van der Waals surface area contributed by atoms with E-state index in [0.717, 1.165) is 31.2 Å². The number of nitrogens with one attached hydrogen (secondary N) is 2. The van der Waals surface area contributed by atoms with Crippen LogP contribution in [0, 0.1) is 17.4 Å². The van der Waals surface area contributed by atoms with E-state index in [2.05, 4.69) is 51.0 Å². The molecule has 4 rings (SSSR count). The van der Waals surface area contributed by atoms with E-state index in [1.54, 1.807) is 13.2 Å². The van der Waals surface area contributed by atoms with Gasteiger partial charge in [0.15, 0.2) is 6.19 Å². The minimum Gasteiger partial charge on any atom is -0.496 e. The van der Waals surface area contributed by atoms with E-state index >= 15 is 0 Å². The number of aliphatic imine (C=N–C) groups is 1. The van der Waals surface area contributed by atoms with E-state index in [-0.39, 0.29) is 23.9 Å². The van der Waals surface area contributed by atoms with E-state index in [4.69, 9.17) is 4.74 Å². The van der Waals surface area contributed by atoms with Gasteiger partial charge in [-0.25, -0.2) is 0 Å². The van der Waals surface area contributed by atoms with Crippen molar-refractivity contribution in [3.63, 3.8) is 0 Å². The number of benzene rings is 3. The molecule has 0 heterocycles. The summed E-state index contributed by atoms with van der Waals surface area (Å²) >= 11 is 0. The average molecular weight is 524 g/mol. The first-order valence-corrected chi connectivity index (χ1v) is 13.6. The Morgan fingerprint density at radius 3 is 2.28 bits per heavy atom. The van der Waals surface area contributed by atoms with E-state index in [9.17, 15) is 10.1 Å². The molecule has 1 unspecified atom stereocenters. The van der Waals surface area contributed by atoms with Gasteiger partial charge in [-0.1, -0.05) is 72.8 Å². The molecule has 1 aliphatic rings. The highest BCUT2D eigenvalue weighted by Gasteiger charge is 2.33. The second kappa shape index (κ2) is 14.0. The Labute approximate surface area is 231 Å². The van der Waals surface area contributed by atoms with Gasteiger partial charge in [-0.2, -0.15) is 5.26 Å². The smallest absolute Gasteiger partial charge is 0.255 e. The topological polar surface area (TPSA) is 89.8 Å². The van der Waals surface area contributed by atoms with Gasteiger partial charge in [0, 0.05) is 19.1 Å². The maximum atomic E-state index is 13.4. The first-order chi connectivity index (χ1) is 19.1. The molecule has 7 heteroatoms. The number of ether oxygens (including phenoxy) is 1. The van der Waals surface area contributed by atoms with Crippen molar-refractivity contribution in [1.82, 2.24) is 15.5 Å². The predicted molar refractivity (Wildman–Crippen MR) is 154 cm³/mol. The number of para-hydroxylation sites is 1. The summed E-state index contributed by atoms with van der Waals surface area (Å²) in [6, 6.07) is 27.9. The Balaban J connectivity index is 1.54. The summed E-state index contributed by atoms with van der Waals surface area (Å²) < 4.78 is 5.44. The Bertz CT molecular complexity index is 1260. The molecule has 3 aromatic rings. The van der Waals surface area contributed by atoms with Gasteiger partial charge < -0.3 is 15.0 Å². The standard InChI is InChI=1S/C32H37N5O2/c1-3-34-32(35-23-33)37(22-24-12-6-4-7-13-24)27-20-18-26(19-21-27)30(25-14-8-5-9-15-25)36-31(38)28-16-10-11-17-29(28)39-2/h4-17,26-27,30H,3,18-22H2,1-2H3,(H,34,35)(H,36,38). The Kier molecular flexibility index (Phi) is 9.96. The molecule has 3 aromatic carbocycles. The van der Waals surface area contributed by atoms with Gasteiger partial charge in [0.05, 0.1) is 18.7 Å². The first kappa shape index (κ1) is 27.7. The minimum absolute atomic E-state index is 0.117. The zero-order valence-corrected chi connectivity index (χ0v) is 22.7. The second-order valence-electron chi connectivity index (χ2n) is 9.78. The molecule has 1 saturated carbocycles. The van der Waals surface area contributed by atoms with Crippen molar-refractivity contribution in [2.45, 2.75) is 51.2 Å². The Morgan fingerprint density at radius 1 is 1.00 bits per heavy atom. The van der Waals surface area contributed by atoms with Crippen molar-refractivity contribution in [2.24, 2.45) is 10.9 Å². The number of hydrogen-bond donors (Lipinski definition) is 2. The molecule has 1 atom stereocenters. The van der Waals surface area contributed by atoms with Crippen LogP contribution < -0.4 is 15.4 Å². The van der Waals surface area contributed by atoms with Crippen LogP contribution in [0.1, 0.15) is 60.1 Å². The van der Waals surface area contributed by atoms with E-state index in [1.165, 1.54) is 5.56 Å². The van der Waals surface area contributed by atoms with Crippen molar-refractivity contribution in [3.8, 4) is 11.9 Å². The van der Waals surface area contributed by atoms with Crippen molar-refractivity contribution < 1.29 is 9.53 Å². The fraction of sp³-hybridized carbons (Fsp3) is 0.344. The van der Waals surface area contributed by atoms with Crippen LogP contribution in [0.4, 0.5) is 0 Å². The third kappa shape index (κ3) is 7.17. The largest absolute Gasteiger partial charge is 0.496 e. The molecule has 0 aromatic heterocycles. The maximum Gasteiger partial charge on any atom is 0.255 e. The quantitative estimate of drug-likeness (QED) is 0.163. The van der Waals surface area contributed by atoms with E-state index in [1.807, 2.05) is 61.5 Å². The van der Waals surface area contributed by atoms with Gasteiger partial charge in [-0.3, -0.25) is 15.1 Å². The van der Waals surface area contributed by atoms with Crippen LogP contribution in [-0.2, 0) is 6.54 Å². The number of carbonyl (C=O) groups excluding carboxylic acids is 1. The van der Waals surface area contributed by atoms with Crippen LogP contribution in [-0.4, -0.2) is 36.5 Å². The molecule has 1 fully saturated rings. The summed E-state index contributed by atoms with van der Waals surface area (Å²) in [5.41, 5.74) is 2.81. The lowest BCUT2D eigenvalue weighted by atomic mass is 9.78. The van der Waals surface area contributed by atoms with E-state index < -0.39 is 0 Å². The van der Waals surface area contributed by atoms with Gasteiger partial charge in [-0.05, 0) is 61.8 Å². The second-order valence-corrected chi connectivity index (χ2v) is 9.78. The van der Waals surface area contributed by atoms with Crippen LogP contribution in [0.15, 0.2) is 89.9 Å². The molecule has 39 heavy (non-hydrogen) atoms. The minimum atomic E-state index is -0.135. The summed E-state index contributed by atoms with van der Waals surface area (Å²) in [6.07, 6.45) is 5.81. The van der Waals surface area contributed by atoms with Crippen molar-refractivity contribution in [1.29, 1.82) is 5.26 Å². The first-order valence-electron chi connectivity index (χ1n) is 13.6. The Morgan fingerprint density at radius 2 is 1.64 bits per heavy atom. The highest BCUT2D eigenvalue weighted by Crippen LogP contribution is 2.37. The third-order valence-electron chi connectivity index (χ3n) is 7.39. The third-order valence-corrected chi connectivity index (χ3v) is 7.39. The van der Waals surface area contributed by atoms with Crippen LogP contribution in [0.2, 0.25) is 0 Å². The summed E-state index contributed by atoms with van der Waals surface area (Å²) in [6.45, 7) is 3.25. The summed E-state index contributed by atoms with van der Waals surface area (Å²) in [5, 5.41) is 15.6. The molecular weight excluding hydrogens is 486 g/mol. The summed E-state index contributed by atoms with van der Waals surface area (Å²) in [7, 11) is 1.58. The number of hydrogen-bond acceptors (Lipinski definition) is 4. The van der Waals surface area contributed by atoms with Gasteiger partial charge in [-0.15, -0.1) is 0 Å². The number of nitrogens with zero attached hydrogens (tertiary/aromatic N) is 3.